The van der Waals surface area contributed by atoms with Crippen molar-refractivity contribution in [3.8, 4) is 5.75 Å². The summed E-state index contributed by atoms with van der Waals surface area (Å²) in [6.07, 6.45) is 0.0141. The monoisotopic (exact) mass is 450 g/mol. The lowest BCUT2D eigenvalue weighted by Crippen LogP contribution is -2.44. The summed E-state index contributed by atoms with van der Waals surface area (Å²) in [5, 5.41) is -0.0213. The summed E-state index contributed by atoms with van der Waals surface area (Å²) in [6, 6.07) is 8.85. The fourth-order valence-electron chi connectivity index (χ4n) is 4.79. The van der Waals surface area contributed by atoms with Gasteiger partial charge in [0.05, 0.1) is 6.10 Å². The maximum atomic E-state index is 13.6. The number of hydrogen-bond donors (Lipinski definition) is 0. The molecule has 6 heteroatoms. The van der Waals surface area contributed by atoms with Crippen LogP contribution in [-0.4, -0.2) is 31.8 Å². The van der Waals surface area contributed by atoms with Crippen molar-refractivity contribution in [3.63, 3.8) is 0 Å². The van der Waals surface area contributed by atoms with Gasteiger partial charge in [0, 0.05) is 34.2 Å². The molecule has 0 aromatic heterocycles. The summed E-state index contributed by atoms with van der Waals surface area (Å²) in [4.78, 5) is 27.0. The van der Waals surface area contributed by atoms with Crippen molar-refractivity contribution in [1.82, 2.24) is 0 Å². The van der Waals surface area contributed by atoms with Crippen molar-refractivity contribution in [1.29, 1.82) is 0 Å². The Hall–Kier alpha value is -2.28. The smallest absolute Gasteiger partial charge is 0.250 e. The molecule has 0 unspecified atom stereocenters. The molecule has 1 aliphatic heterocycles. The molecule has 32 heavy (non-hydrogen) atoms. The van der Waals surface area contributed by atoms with Crippen molar-refractivity contribution in [2.75, 3.05) is 0 Å². The van der Waals surface area contributed by atoms with E-state index in [1.807, 2.05) is 13.8 Å². The van der Waals surface area contributed by atoms with E-state index in [2.05, 4.69) is 33.9 Å². The fraction of sp³-hybridized carbons (Fsp3) is 0.462. The summed E-state index contributed by atoms with van der Waals surface area (Å²) in [5.41, 5.74) is 3.56. The summed E-state index contributed by atoms with van der Waals surface area (Å²) in [6.45, 7) is 14.7. The average molecular weight is 451 g/mol. The van der Waals surface area contributed by atoms with Crippen LogP contribution >= 0.6 is 0 Å². The van der Waals surface area contributed by atoms with Gasteiger partial charge in [-0.2, -0.15) is 0 Å². The molecule has 2 aromatic rings. The Bertz CT molecular complexity index is 1170. The highest BCUT2D eigenvalue weighted by molar-refractivity contribution is 6.74. The van der Waals surface area contributed by atoms with Gasteiger partial charge in [-0.25, -0.2) is 0 Å². The van der Waals surface area contributed by atoms with Gasteiger partial charge in [-0.15, -0.1) is 0 Å². The third-order valence-corrected chi connectivity index (χ3v) is 11.7. The third kappa shape index (κ3) is 3.04. The molecule has 0 radical (unpaired) electrons. The Morgan fingerprint density at radius 2 is 1.62 bits per heavy atom. The number of ether oxygens (including phenoxy) is 2. The Morgan fingerprint density at radius 3 is 2.25 bits per heavy atom. The van der Waals surface area contributed by atoms with E-state index in [0.717, 1.165) is 11.1 Å². The first-order valence-corrected chi connectivity index (χ1v) is 14.1. The molecule has 0 amide bonds. The van der Waals surface area contributed by atoms with E-state index in [1.54, 1.807) is 30.3 Å². The number of hydrogen-bond acceptors (Lipinski definition) is 5. The Balaban J connectivity index is 1.73. The highest BCUT2D eigenvalue weighted by Crippen LogP contribution is 2.53. The molecular formula is C26H30O5Si. The highest BCUT2D eigenvalue weighted by Gasteiger charge is 2.51. The number of rotatable bonds is 2. The quantitative estimate of drug-likeness (QED) is 0.476. The van der Waals surface area contributed by atoms with E-state index in [9.17, 15) is 9.59 Å². The van der Waals surface area contributed by atoms with Crippen molar-refractivity contribution < 1.29 is 23.5 Å². The van der Waals surface area contributed by atoms with Gasteiger partial charge in [0.25, 0.3) is 0 Å². The minimum atomic E-state index is -2.22. The molecule has 2 aliphatic carbocycles. The van der Waals surface area contributed by atoms with E-state index < -0.39 is 14.1 Å². The lowest BCUT2D eigenvalue weighted by atomic mass is 9.80. The van der Waals surface area contributed by atoms with Gasteiger partial charge in [0.15, 0.2) is 17.4 Å². The SMILES string of the molecule is CC1(C)O[C@@H]2Cc3c4c(cc(O[Si](C)(C)C(C)(C)C)c3[C@@H]2O1)C(=O)c1ccccc1C4=O. The van der Waals surface area contributed by atoms with Crippen LogP contribution < -0.4 is 4.43 Å². The number of carbonyl (C=O) groups is 2. The molecule has 2 aromatic carbocycles. The van der Waals surface area contributed by atoms with E-state index in [1.165, 1.54) is 0 Å². The Morgan fingerprint density at radius 1 is 1.00 bits per heavy atom. The van der Waals surface area contributed by atoms with Gasteiger partial charge in [-0.05, 0) is 43.6 Å². The van der Waals surface area contributed by atoms with Gasteiger partial charge in [-0.3, -0.25) is 9.59 Å². The van der Waals surface area contributed by atoms with Gasteiger partial charge in [0.1, 0.15) is 11.9 Å². The molecule has 3 aliphatic rings. The van der Waals surface area contributed by atoms with Gasteiger partial charge in [0.2, 0.25) is 8.32 Å². The zero-order chi connectivity index (χ0) is 23.2. The van der Waals surface area contributed by atoms with Crippen molar-refractivity contribution in [2.45, 2.75) is 77.2 Å². The van der Waals surface area contributed by atoms with Gasteiger partial charge in [-0.1, -0.05) is 45.0 Å². The fourth-order valence-corrected chi connectivity index (χ4v) is 5.82. The van der Waals surface area contributed by atoms with Crippen LogP contribution in [0.4, 0.5) is 0 Å². The van der Waals surface area contributed by atoms with E-state index in [-0.39, 0.29) is 28.8 Å². The molecule has 1 saturated heterocycles. The molecule has 1 fully saturated rings. The van der Waals surface area contributed by atoms with Crippen LogP contribution in [0, 0.1) is 0 Å². The molecule has 0 saturated carbocycles. The average Bonchev–Trinajstić information content (AvgIpc) is 3.16. The van der Waals surface area contributed by atoms with Crippen molar-refractivity contribution in [2.24, 2.45) is 0 Å². The van der Waals surface area contributed by atoms with E-state index >= 15 is 0 Å². The maximum Gasteiger partial charge on any atom is 0.250 e. The molecule has 0 N–H and O–H groups in total. The molecule has 2 atom stereocenters. The predicted octanol–water partition coefficient (Wildman–Crippen LogP) is 5.59. The van der Waals surface area contributed by atoms with Crippen LogP contribution in [0.15, 0.2) is 30.3 Å². The van der Waals surface area contributed by atoms with E-state index in [0.29, 0.717) is 34.4 Å². The first-order valence-electron chi connectivity index (χ1n) is 11.2. The highest BCUT2D eigenvalue weighted by atomic mass is 28.4. The molecular weight excluding hydrogens is 420 g/mol. The summed E-state index contributed by atoms with van der Waals surface area (Å²) >= 11 is 0. The second-order valence-electron chi connectivity index (χ2n) is 11.1. The topological polar surface area (TPSA) is 61.8 Å². The van der Waals surface area contributed by atoms with Crippen LogP contribution in [0.3, 0.4) is 0 Å². The summed E-state index contributed by atoms with van der Waals surface area (Å²) in [5.74, 6) is -0.273. The summed E-state index contributed by atoms with van der Waals surface area (Å²) < 4.78 is 19.2. The Labute approximate surface area is 190 Å². The third-order valence-electron chi connectivity index (χ3n) is 7.37. The lowest BCUT2D eigenvalue weighted by molar-refractivity contribution is -0.148. The second-order valence-corrected chi connectivity index (χ2v) is 15.8. The zero-order valence-corrected chi connectivity index (χ0v) is 20.8. The first-order chi connectivity index (χ1) is 14.8. The number of ketones is 2. The number of fused-ring (bicyclic) bond motifs is 6. The lowest BCUT2D eigenvalue weighted by Gasteiger charge is -2.38. The number of benzene rings is 2. The summed E-state index contributed by atoms with van der Waals surface area (Å²) in [7, 11) is -2.22. The van der Waals surface area contributed by atoms with Crippen molar-refractivity contribution in [3.05, 3.63) is 63.7 Å². The first kappa shape index (κ1) is 21.6. The molecule has 0 spiro atoms. The van der Waals surface area contributed by atoms with Crippen LogP contribution in [-0.2, 0) is 15.9 Å². The predicted molar refractivity (Wildman–Crippen MR) is 124 cm³/mol. The zero-order valence-electron chi connectivity index (χ0n) is 19.8. The van der Waals surface area contributed by atoms with E-state index in [4.69, 9.17) is 13.9 Å². The van der Waals surface area contributed by atoms with Crippen LogP contribution in [0.25, 0.3) is 0 Å². The largest absolute Gasteiger partial charge is 0.543 e. The van der Waals surface area contributed by atoms with Gasteiger partial charge >= 0.3 is 0 Å². The number of carbonyl (C=O) groups excluding carboxylic acids is 2. The standard InChI is InChI=1S/C26H30O5Si/c1-25(2,3)32(6,7)31-18-13-17-20(23(28)15-11-9-8-10-14(15)22(17)27)16-12-19-24(21(16)18)30-26(4,5)29-19/h8-11,13,19,24H,12H2,1-7H3/t19-,24-/m1/s1. The Kier molecular flexibility index (Phi) is 4.46. The van der Waals surface area contributed by atoms with Crippen LogP contribution in [0.1, 0.15) is 83.7 Å². The van der Waals surface area contributed by atoms with Crippen molar-refractivity contribution >= 4 is 19.9 Å². The molecule has 168 valence electrons. The van der Waals surface area contributed by atoms with Crippen LogP contribution in [0.2, 0.25) is 18.1 Å². The normalized spacial score (nSPS) is 23.5. The minimum absolute atomic E-state index is 0.0213. The van der Waals surface area contributed by atoms with Gasteiger partial charge < -0.3 is 13.9 Å². The van der Waals surface area contributed by atoms with Crippen LogP contribution in [0.5, 0.6) is 5.75 Å². The molecule has 5 nitrogen and oxygen atoms in total. The maximum absolute atomic E-state index is 13.6. The minimum Gasteiger partial charge on any atom is -0.543 e. The molecule has 0 bridgehead atoms. The molecule has 5 rings (SSSR count). The second kappa shape index (κ2) is 6.62. The molecule has 1 heterocycles.